The van der Waals surface area contributed by atoms with Crippen molar-refractivity contribution < 1.29 is 13.2 Å². The molecule has 0 spiro atoms. The molecule has 2 fully saturated rings. The van der Waals surface area contributed by atoms with Gasteiger partial charge in [0.1, 0.15) is 0 Å². The number of benzene rings is 1. The first-order valence-electron chi connectivity index (χ1n) is 8.93. The standard InChI is InChI=1S/C19H27NO3S/c1-14-6-5-7-17(15(14)2)18-8-3-4-10-20(18)19(21)12-16-9-11-24(22,23)13-16/h5-7,16,18H,3-4,8-13H2,1-2H3/t16-,18-/m0/s1. The number of rotatable bonds is 3. The van der Waals surface area contributed by atoms with Crippen molar-refractivity contribution in [2.75, 3.05) is 18.1 Å². The van der Waals surface area contributed by atoms with E-state index in [0.717, 1.165) is 25.8 Å². The van der Waals surface area contributed by atoms with Crippen LogP contribution in [0.3, 0.4) is 0 Å². The van der Waals surface area contributed by atoms with Gasteiger partial charge in [-0.3, -0.25) is 4.79 Å². The van der Waals surface area contributed by atoms with Crippen molar-refractivity contribution in [1.82, 2.24) is 4.90 Å². The Labute approximate surface area is 145 Å². The van der Waals surface area contributed by atoms with Crippen LogP contribution in [-0.4, -0.2) is 37.3 Å². The highest BCUT2D eigenvalue weighted by Crippen LogP contribution is 2.35. The monoisotopic (exact) mass is 349 g/mol. The summed E-state index contributed by atoms with van der Waals surface area (Å²) in [5.74, 6) is 0.554. The Balaban J connectivity index is 1.77. The second-order valence-electron chi connectivity index (χ2n) is 7.36. The molecule has 24 heavy (non-hydrogen) atoms. The zero-order valence-corrected chi connectivity index (χ0v) is 15.4. The second kappa shape index (κ2) is 6.87. The molecular formula is C19H27NO3S. The molecule has 2 aliphatic rings. The van der Waals surface area contributed by atoms with E-state index >= 15 is 0 Å². The number of carbonyl (C=O) groups is 1. The van der Waals surface area contributed by atoms with Crippen molar-refractivity contribution in [2.45, 2.75) is 52.0 Å². The Morgan fingerprint density at radius 2 is 2.00 bits per heavy atom. The third-order valence-corrected chi connectivity index (χ3v) is 7.46. The zero-order valence-electron chi connectivity index (χ0n) is 14.6. The second-order valence-corrected chi connectivity index (χ2v) is 9.59. The number of amides is 1. The average Bonchev–Trinajstić information content (AvgIpc) is 2.89. The number of sulfone groups is 1. The lowest BCUT2D eigenvalue weighted by Crippen LogP contribution is -2.39. The minimum atomic E-state index is -2.92. The highest BCUT2D eigenvalue weighted by Gasteiger charge is 2.34. The third kappa shape index (κ3) is 3.66. The maximum absolute atomic E-state index is 12.9. The first-order chi connectivity index (χ1) is 11.4. The van der Waals surface area contributed by atoms with Crippen molar-refractivity contribution in [2.24, 2.45) is 5.92 Å². The molecule has 2 saturated heterocycles. The highest BCUT2D eigenvalue weighted by molar-refractivity contribution is 7.91. The Morgan fingerprint density at radius 1 is 1.21 bits per heavy atom. The van der Waals surface area contributed by atoms with E-state index in [1.165, 1.54) is 16.7 Å². The molecule has 0 aliphatic carbocycles. The predicted octanol–water partition coefficient (Wildman–Crippen LogP) is 3.18. The van der Waals surface area contributed by atoms with Crippen LogP contribution in [0, 0.1) is 19.8 Å². The largest absolute Gasteiger partial charge is 0.336 e. The zero-order chi connectivity index (χ0) is 17.3. The molecule has 2 atom stereocenters. The van der Waals surface area contributed by atoms with Crippen LogP contribution in [-0.2, 0) is 14.6 Å². The minimum Gasteiger partial charge on any atom is -0.336 e. The lowest BCUT2D eigenvalue weighted by molar-refractivity contribution is -0.135. The maximum atomic E-state index is 12.9. The fourth-order valence-electron chi connectivity index (χ4n) is 4.09. The summed E-state index contributed by atoms with van der Waals surface area (Å²) < 4.78 is 23.3. The van der Waals surface area contributed by atoms with E-state index < -0.39 is 9.84 Å². The van der Waals surface area contributed by atoms with E-state index in [1.54, 1.807) is 0 Å². The lowest BCUT2D eigenvalue weighted by Gasteiger charge is -2.37. The van der Waals surface area contributed by atoms with Crippen molar-refractivity contribution in [1.29, 1.82) is 0 Å². The summed E-state index contributed by atoms with van der Waals surface area (Å²) in [6.45, 7) is 5.03. The number of aryl methyl sites for hydroxylation is 1. The molecule has 0 unspecified atom stereocenters. The fraction of sp³-hybridized carbons (Fsp3) is 0.632. The van der Waals surface area contributed by atoms with Gasteiger partial charge in [-0.2, -0.15) is 0 Å². The normalized spacial score (nSPS) is 26.5. The molecule has 0 N–H and O–H groups in total. The van der Waals surface area contributed by atoms with E-state index in [2.05, 4.69) is 32.0 Å². The number of nitrogens with zero attached hydrogens (tertiary/aromatic N) is 1. The van der Waals surface area contributed by atoms with Crippen molar-refractivity contribution in [3.63, 3.8) is 0 Å². The summed E-state index contributed by atoms with van der Waals surface area (Å²) in [5.41, 5.74) is 3.78. The van der Waals surface area contributed by atoms with Gasteiger partial charge < -0.3 is 4.90 Å². The molecule has 2 heterocycles. The Hall–Kier alpha value is -1.36. The average molecular weight is 349 g/mol. The summed E-state index contributed by atoms with van der Waals surface area (Å²) in [7, 11) is -2.92. The Morgan fingerprint density at radius 3 is 2.71 bits per heavy atom. The number of hydrogen-bond donors (Lipinski definition) is 0. The minimum absolute atomic E-state index is 0.00341. The molecule has 0 aromatic heterocycles. The molecule has 1 aromatic carbocycles. The molecule has 3 rings (SSSR count). The lowest BCUT2D eigenvalue weighted by atomic mass is 9.89. The molecule has 0 radical (unpaired) electrons. The molecule has 0 saturated carbocycles. The van der Waals surface area contributed by atoms with Gasteiger partial charge in [-0.25, -0.2) is 8.42 Å². The van der Waals surface area contributed by atoms with Gasteiger partial charge in [0, 0.05) is 13.0 Å². The van der Waals surface area contributed by atoms with E-state index in [-0.39, 0.29) is 29.4 Å². The van der Waals surface area contributed by atoms with Crippen LogP contribution in [0.5, 0.6) is 0 Å². The topological polar surface area (TPSA) is 54.5 Å². The van der Waals surface area contributed by atoms with Gasteiger partial charge in [0.25, 0.3) is 0 Å². The van der Waals surface area contributed by atoms with Crippen LogP contribution in [0.4, 0.5) is 0 Å². The highest BCUT2D eigenvalue weighted by atomic mass is 32.2. The Bertz CT molecular complexity index is 726. The predicted molar refractivity (Wildman–Crippen MR) is 95.6 cm³/mol. The van der Waals surface area contributed by atoms with Crippen molar-refractivity contribution in [3.8, 4) is 0 Å². The molecular weight excluding hydrogens is 322 g/mol. The molecule has 132 valence electrons. The SMILES string of the molecule is Cc1cccc([C@@H]2CCCCN2C(=O)C[C@@H]2CCS(=O)(=O)C2)c1C. The number of carbonyl (C=O) groups excluding carboxylic acids is 1. The van der Waals surface area contributed by atoms with E-state index in [9.17, 15) is 13.2 Å². The van der Waals surface area contributed by atoms with Crippen LogP contribution in [0.1, 0.15) is 54.8 Å². The fourth-order valence-corrected chi connectivity index (χ4v) is 5.95. The van der Waals surface area contributed by atoms with Crippen LogP contribution in [0.2, 0.25) is 0 Å². The summed E-state index contributed by atoms with van der Waals surface area (Å²) in [6, 6.07) is 6.46. The summed E-state index contributed by atoms with van der Waals surface area (Å²) in [4.78, 5) is 14.9. The molecule has 0 bridgehead atoms. The third-order valence-electron chi connectivity index (χ3n) is 5.62. The van der Waals surface area contributed by atoms with E-state index in [1.807, 2.05) is 4.90 Å². The molecule has 1 amide bonds. The van der Waals surface area contributed by atoms with Gasteiger partial charge in [-0.05, 0) is 62.1 Å². The van der Waals surface area contributed by atoms with Crippen LogP contribution in [0.25, 0.3) is 0 Å². The molecule has 5 heteroatoms. The van der Waals surface area contributed by atoms with Gasteiger partial charge >= 0.3 is 0 Å². The summed E-state index contributed by atoms with van der Waals surface area (Å²) in [6.07, 6.45) is 4.19. The summed E-state index contributed by atoms with van der Waals surface area (Å²) in [5, 5.41) is 0. The van der Waals surface area contributed by atoms with Gasteiger partial charge in [0.05, 0.1) is 17.5 Å². The van der Waals surface area contributed by atoms with Gasteiger partial charge in [0.15, 0.2) is 9.84 Å². The molecule has 1 aromatic rings. The smallest absolute Gasteiger partial charge is 0.223 e. The van der Waals surface area contributed by atoms with E-state index in [0.29, 0.717) is 12.8 Å². The first-order valence-corrected chi connectivity index (χ1v) is 10.8. The number of likely N-dealkylation sites (tertiary alicyclic amines) is 1. The number of piperidine rings is 1. The Kier molecular flexibility index (Phi) is 5.00. The van der Waals surface area contributed by atoms with E-state index in [4.69, 9.17) is 0 Å². The van der Waals surface area contributed by atoms with Gasteiger partial charge in [-0.15, -0.1) is 0 Å². The maximum Gasteiger partial charge on any atom is 0.223 e. The van der Waals surface area contributed by atoms with Crippen LogP contribution >= 0.6 is 0 Å². The summed E-state index contributed by atoms with van der Waals surface area (Å²) >= 11 is 0. The molecule has 2 aliphatic heterocycles. The van der Waals surface area contributed by atoms with Gasteiger partial charge in [0.2, 0.25) is 5.91 Å². The van der Waals surface area contributed by atoms with Crippen molar-refractivity contribution >= 4 is 15.7 Å². The molecule has 4 nitrogen and oxygen atoms in total. The number of hydrogen-bond acceptors (Lipinski definition) is 3. The first kappa shape index (κ1) is 17.5. The van der Waals surface area contributed by atoms with Gasteiger partial charge in [-0.1, -0.05) is 18.2 Å². The van der Waals surface area contributed by atoms with Crippen LogP contribution < -0.4 is 0 Å². The van der Waals surface area contributed by atoms with Crippen LogP contribution in [0.15, 0.2) is 18.2 Å². The van der Waals surface area contributed by atoms with Crippen molar-refractivity contribution in [3.05, 3.63) is 34.9 Å². The quantitative estimate of drug-likeness (QED) is 0.842.